The van der Waals surface area contributed by atoms with Crippen molar-refractivity contribution in [3.63, 3.8) is 0 Å². The molecule has 0 bridgehead atoms. The van der Waals surface area contributed by atoms with Crippen LogP contribution in [0.1, 0.15) is 18.9 Å². The van der Waals surface area contributed by atoms with Crippen LogP contribution in [0.5, 0.6) is 5.75 Å². The summed E-state index contributed by atoms with van der Waals surface area (Å²) in [6.45, 7) is 8.96. The zero-order chi connectivity index (χ0) is 13.1. The molecule has 0 saturated carbocycles. The molecule has 0 amide bonds. The first kappa shape index (κ1) is 12.9. The second kappa shape index (κ2) is 5.93. The van der Waals surface area contributed by atoms with Crippen LogP contribution in [0.3, 0.4) is 0 Å². The van der Waals surface area contributed by atoms with E-state index >= 15 is 0 Å². The van der Waals surface area contributed by atoms with E-state index in [4.69, 9.17) is 4.74 Å². The maximum Gasteiger partial charge on any atom is 0.119 e. The molecule has 2 atom stereocenters. The van der Waals surface area contributed by atoms with E-state index in [1.807, 2.05) is 0 Å². The van der Waals surface area contributed by atoms with Crippen molar-refractivity contribution < 1.29 is 4.74 Å². The summed E-state index contributed by atoms with van der Waals surface area (Å²) >= 11 is 0. The highest BCUT2D eigenvalue weighted by Gasteiger charge is 2.35. The molecule has 2 heterocycles. The number of benzene rings is 1. The molecule has 3 nitrogen and oxygen atoms in total. The lowest BCUT2D eigenvalue weighted by atomic mass is 10.0. The van der Waals surface area contributed by atoms with Gasteiger partial charge in [-0.25, -0.2) is 0 Å². The van der Waals surface area contributed by atoms with Gasteiger partial charge in [0.05, 0.1) is 6.61 Å². The molecule has 2 aliphatic rings. The molecule has 1 aromatic carbocycles. The summed E-state index contributed by atoms with van der Waals surface area (Å²) in [5.41, 5.74) is 1.40. The van der Waals surface area contributed by atoms with E-state index in [2.05, 4.69) is 41.4 Å². The molecule has 2 saturated heterocycles. The van der Waals surface area contributed by atoms with Crippen LogP contribution in [0.15, 0.2) is 24.3 Å². The standard InChI is InChI=1S/C16H24N2O/c1-2-7-19-16-5-3-13(4-6-16)10-18-11-14-8-17-9-15(14)12-18/h3-6,14-15,17H,2,7-12H2,1H3/t14-,15+. The summed E-state index contributed by atoms with van der Waals surface area (Å²) in [5.74, 6) is 2.76. The minimum absolute atomic E-state index is 0.807. The van der Waals surface area contributed by atoms with Crippen LogP contribution in [0.25, 0.3) is 0 Å². The first-order valence-corrected chi connectivity index (χ1v) is 7.50. The number of hydrogen-bond donors (Lipinski definition) is 1. The Balaban J connectivity index is 1.52. The van der Waals surface area contributed by atoms with Gasteiger partial charge in [0, 0.05) is 19.6 Å². The van der Waals surface area contributed by atoms with Gasteiger partial charge in [0.2, 0.25) is 0 Å². The monoisotopic (exact) mass is 260 g/mol. The normalized spacial score (nSPS) is 26.6. The SMILES string of the molecule is CCCOc1ccc(CN2C[C@H]3CNC[C@H]3C2)cc1. The molecule has 0 spiro atoms. The van der Waals surface area contributed by atoms with E-state index in [-0.39, 0.29) is 0 Å². The van der Waals surface area contributed by atoms with E-state index in [1.165, 1.54) is 31.7 Å². The third-order valence-corrected chi connectivity index (χ3v) is 4.27. The van der Waals surface area contributed by atoms with E-state index in [0.29, 0.717) is 0 Å². The second-order valence-corrected chi connectivity index (χ2v) is 5.86. The Morgan fingerprint density at radius 2 is 1.84 bits per heavy atom. The van der Waals surface area contributed by atoms with Crippen LogP contribution in [0.2, 0.25) is 0 Å². The fraction of sp³-hybridized carbons (Fsp3) is 0.625. The third kappa shape index (κ3) is 3.10. The summed E-state index contributed by atoms with van der Waals surface area (Å²) in [6.07, 6.45) is 1.06. The van der Waals surface area contributed by atoms with Gasteiger partial charge in [-0.05, 0) is 49.0 Å². The summed E-state index contributed by atoms with van der Waals surface area (Å²) in [5, 5.41) is 3.49. The maximum atomic E-state index is 5.62. The molecule has 0 aromatic heterocycles. The lowest BCUT2D eigenvalue weighted by Gasteiger charge is -2.17. The van der Waals surface area contributed by atoms with Crippen molar-refractivity contribution >= 4 is 0 Å². The smallest absolute Gasteiger partial charge is 0.119 e. The van der Waals surface area contributed by atoms with Gasteiger partial charge >= 0.3 is 0 Å². The van der Waals surface area contributed by atoms with Crippen LogP contribution >= 0.6 is 0 Å². The minimum Gasteiger partial charge on any atom is -0.494 e. The number of rotatable bonds is 5. The molecule has 3 heteroatoms. The van der Waals surface area contributed by atoms with Crippen LogP contribution in [0.4, 0.5) is 0 Å². The van der Waals surface area contributed by atoms with Gasteiger partial charge in [-0.1, -0.05) is 19.1 Å². The molecule has 1 N–H and O–H groups in total. The lowest BCUT2D eigenvalue weighted by Crippen LogP contribution is -2.25. The molecule has 19 heavy (non-hydrogen) atoms. The molecule has 2 aliphatic heterocycles. The highest BCUT2D eigenvalue weighted by atomic mass is 16.5. The Kier molecular flexibility index (Phi) is 4.04. The van der Waals surface area contributed by atoms with Crippen molar-refractivity contribution in [3.05, 3.63) is 29.8 Å². The van der Waals surface area contributed by atoms with Crippen molar-refractivity contribution in [1.82, 2.24) is 10.2 Å². The third-order valence-electron chi connectivity index (χ3n) is 4.27. The number of nitrogens with zero attached hydrogens (tertiary/aromatic N) is 1. The van der Waals surface area contributed by atoms with Gasteiger partial charge in [-0.3, -0.25) is 4.90 Å². The average molecular weight is 260 g/mol. The predicted molar refractivity (Wildman–Crippen MR) is 77.4 cm³/mol. The van der Waals surface area contributed by atoms with Crippen molar-refractivity contribution in [1.29, 1.82) is 0 Å². The maximum absolute atomic E-state index is 5.62. The Bertz CT molecular complexity index is 392. The zero-order valence-electron chi connectivity index (χ0n) is 11.8. The van der Waals surface area contributed by atoms with E-state index in [1.54, 1.807) is 0 Å². The topological polar surface area (TPSA) is 24.5 Å². The molecule has 0 unspecified atom stereocenters. The summed E-state index contributed by atoms with van der Waals surface area (Å²) in [7, 11) is 0. The molecule has 0 radical (unpaired) electrons. The van der Waals surface area contributed by atoms with E-state index in [0.717, 1.165) is 37.2 Å². The van der Waals surface area contributed by atoms with Crippen LogP contribution in [0, 0.1) is 11.8 Å². The van der Waals surface area contributed by atoms with Crippen LogP contribution in [-0.2, 0) is 6.54 Å². The fourth-order valence-corrected chi connectivity index (χ4v) is 3.25. The molecule has 0 aliphatic carbocycles. The molecule has 104 valence electrons. The number of nitrogens with one attached hydrogen (secondary N) is 1. The van der Waals surface area contributed by atoms with Gasteiger partial charge in [0.1, 0.15) is 5.75 Å². The second-order valence-electron chi connectivity index (χ2n) is 5.86. The van der Waals surface area contributed by atoms with Gasteiger partial charge in [0.15, 0.2) is 0 Å². The molecule has 1 aromatic rings. The van der Waals surface area contributed by atoms with Gasteiger partial charge < -0.3 is 10.1 Å². The fourth-order valence-electron chi connectivity index (χ4n) is 3.25. The van der Waals surface area contributed by atoms with E-state index in [9.17, 15) is 0 Å². The molecular weight excluding hydrogens is 236 g/mol. The Labute approximate surface area is 115 Å². The van der Waals surface area contributed by atoms with Crippen LogP contribution in [-0.4, -0.2) is 37.7 Å². The number of ether oxygens (including phenoxy) is 1. The first-order chi connectivity index (χ1) is 9.35. The Hall–Kier alpha value is -1.06. The summed E-state index contributed by atoms with van der Waals surface area (Å²) in [6, 6.07) is 8.61. The van der Waals surface area contributed by atoms with Gasteiger partial charge in [-0.15, -0.1) is 0 Å². The highest BCUT2D eigenvalue weighted by Crippen LogP contribution is 2.27. The first-order valence-electron chi connectivity index (χ1n) is 7.50. The van der Waals surface area contributed by atoms with E-state index < -0.39 is 0 Å². The Morgan fingerprint density at radius 3 is 2.47 bits per heavy atom. The van der Waals surface area contributed by atoms with Crippen LogP contribution < -0.4 is 10.1 Å². The lowest BCUT2D eigenvalue weighted by molar-refractivity contribution is 0.304. The highest BCUT2D eigenvalue weighted by molar-refractivity contribution is 5.27. The average Bonchev–Trinajstić information content (AvgIpc) is 2.99. The summed E-state index contributed by atoms with van der Waals surface area (Å²) in [4.78, 5) is 2.60. The van der Waals surface area contributed by atoms with Gasteiger partial charge in [-0.2, -0.15) is 0 Å². The zero-order valence-corrected chi connectivity index (χ0v) is 11.8. The van der Waals surface area contributed by atoms with Crippen molar-refractivity contribution in [2.24, 2.45) is 11.8 Å². The molecule has 2 fully saturated rings. The minimum atomic E-state index is 0.807. The van der Waals surface area contributed by atoms with Crippen molar-refractivity contribution in [2.75, 3.05) is 32.8 Å². The quantitative estimate of drug-likeness (QED) is 0.877. The molecular formula is C16H24N2O. The number of fused-ring (bicyclic) bond motifs is 1. The number of hydrogen-bond acceptors (Lipinski definition) is 3. The molecule has 3 rings (SSSR count). The predicted octanol–water partition coefficient (Wildman–Crippen LogP) is 2.13. The van der Waals surface area contributed by atoms with Crippen molar-refractivity contribution in [3.8, 4) is 5.75 Å². The number of likely N-dealkylation sites (tertiary alicyclic amines) is 1. The Morgan fingerprint density at radius 1 is 1.16 bits per heavy atom. The van der Waals surface area contributed by atoms with Gasteiger partial charge in [0.25, 0.3) is 0 Å². The largest absolute Gasteiger partial charge is 0.494 e. The summed E-state index contributed by atoms with van der Waals surface area (Å²) < 4.78 is 5.62. The van der Waals surface area contributed by atoms with Crippen molar-refractivity contribution in [2.45, 2.75) is 19.9 Å².